The number of pyridine rings is 1. The van der Waals surface area contributed by atoms with Gasteiger partial charge in [0.05, 0.1) is 16.8 Å². The smallest absolute Gasteiger partial charge is 0.335 e. The van der Waals surface area contributed by atoms with Crippen LogP contribution in [0.2, 0.25) is 0 Å². The Labute approximate surface area is 203 Å². The van der Waals surface area contributed by atoms with E-state index in [-0.39, 0.29) is 11.5 Å². The third kappa shape index (κ3) is 4.94. The molecule has 0 spiro atoms. The van der Waals surface area contributed by atoms with Crippen molar-refractivity contribution in [2.75, 3.05) is 43.9 Å². The molecule has 1 saturated heterocycles. The molecule has 5 rings (SSSR count). The monoisotopic (exact) mass is 469 g/mol. The van der Waals surface area contributed by atoms with Crippen molar-refractivity contribution in [1.29, 1.82) is 0 Å². The Hall–Kier alpha value is -4.01. The van der Waals surface area contributed by atoms with Crippen molar-refractivity contribution in [2.24, 2.45) is 0 Å². The fourth-order valence-electron chi connectivity index (χ4n) is 4.49. The first-order chi connectivity index (χ1) is 17.0. The zero-order valence-electron chi connectivity index (χ0n) is 19.5. The Morgan fingerprint density at radius 1 is 1.06 bits per heavy atom. The summed E-state index contributed by atoms with van der Waals surface area (Å²) in [5.41, 5.74) is 4.98. The molecule has 0 radical (unpaired) electrons. The van der Waals surface area contributed by atoms with Gasteiger partial charge >= 0.3 is 5.97 Å². The second-order valence-corrected chi connectivity index (χ2v) is 8.92. The number of likely N-dealkylation sites (N-methyl/N-ethyl adjacent to an activating group) is 1. The van der Waals surface area contributed by atoms with Crippen molar-refractivity contribution in [3.8, 4) is 0 Å². The number of carbonyl (C=O) groups is 2. The minimum absolute atomic E-state index is 0.123. The molecule has 3 N–H and O–H groups in total. The topological polar surface area (TPSA) is 97.8 Å². The largest absolute Gasteiger partial charge is 0.478 e. The maximum atomic E-state index is 13.1. The highest BCUT2D eigenvalue weighted by Gasteiger charge is 2.29. The van der Waals surface area contributed by atoms with Crippen LogP contribution in [-0.4, -0.2) is 65.0 Å². The van der Waals surface area contributed by atoms with Crippen LogP contribution >= 0.6 is 0 Å². The number of carboxylic acid groups (broad SMARTS) is 1. The van der Waals surface area contributed by atoms with Gasteiger partial charge in [0.2, 0.25) is 0 Å². The summed E-state index contributed by atoms with van der Waals surface area (Å²) in [6, 6.07) is 16.5. The number of nitrogens with zero attached hydrogens (tertiary/aromatic N) is 3. The number of aromatic carboxylic acids is 1. The third-order valence-electron chi connectivity index (χ3n) is 6.41. The first kappa shape index (κ1) is 22.8. The second-order valence-electron chi connectivity index (χ2n) is 8.92. The normalized spacial score (nSPS) is 17.6. The summed E-state index contributed by atoms with van der Waals surface area (Å²) < 4.78 is 0. The lowest BCUT2D eigenvalue weighted by molar-refractivity contribution is -0.110. The van der Waals surface area contributed by atoms with Gasteiger partial charge < -0.3 is 20.6 Å². The second kappa shape index (κ2) is 9.69. The first-order valence-electron chi connectivity index (χ1n) is 11.6. The summed E-state index contributed by atoms with van der Waals surface area (Å²) in [5, 5.41) is 15.8. The molecule has 0 aliphatic carbocycles. The molecule has 0 bridgehead atoms. The number of anilines is 2. The number of nitrogens with one attached hydrogen (secondary N) is 2. The van der Waals surface area contributed by atoms with Crippen LogP contribution in [-0.2, 0) is 11.3 Å². The molecule has 0 saturated carbocycles. The van der Waals surface area contributed by atoms with Crippen molar-refractivity contribution in [1.82, 2.24) is 14.8 Å². The highest BCUT2D eigenvalue weighted by atomic mass is 16.4. The molecule has 3 aromatic rings. The number of rotatable bonds is 6. The number of piperazine rings is 1. The van der Waals surface area contributed by atoms with E-state index in [1.165, 1.54) is 17.7 Å². The summed E-state index contributed by atoms with van der Waals surface area (Å²) in [4.78, 5) is 33.7. The van der Waals surface area contributed by atoms with E-state index in [2.05, 4.69) is 44.6 Å². The fourth-order valence-corrected chi connectivity index (χ4v) is 4.49. The van der Waals surface area contributed by atoms with Crippen LogP contribution in [0, 0.1) is 0 Å². The number of fused-ring (bicyclic) bond motifs is 1. The van der Waals surface area contributed by atoms with Gasteiger partial charge in [0.25, 0.3) is 5.91 Å². The zero-order valence-corrected chi connectivity index (χ0v) is 19.5. The van der Waals surface area contributed by atoms with Gasteiger partial charge in [-0.3, -0.25) is 14.7 Å². The molecule has 1 amide bonds. The molecule has 0 unspecified atom stereocenters. The van der Waals surface area contributed by atoms with Gasteiger partial charge in [0, 0.05) is 67.6 Å². The summed E-state index contributed by atoms with van der Waals surface area (Å²) in [5.74, 6) is -1.33. The van der Waals surface area contributed by atoms with E-state index < -0.39 is 5.97 Å². The van der Waals surface area contributed by atoms with Crippen LogP contribution in [0.4, 0.5) is 11.4 Å². The Bertz CT molecular complexity index is 1300. The standard InChI is InChI=1S/C27H27N5O3/c1-31-10-12-32(13-11-31)17-18-4-2-6-21(14-18)29-25(20-5-3-9-28-16-20)24-22-15-19(27(34)35)7-8-23(22)30-26(24)33/h2-9,14-16,29H,10-13,17H2,1H3,(H,30,33)(H,34,35)/b25-24-. The van der Waals surface area contributed by atoms with Crippen molar-refractivity contribution in [2.45, 2.75) is 6.54 Å². The van der Waals surface area contributed by atoms with Crippen LogP contribution in [0.25, 0.3) is 11.3 Å². The number of benzene rings is 2. The minimum Gasteiger partial charge on any atom is -0.478 e. The summed E-state index contributed by atoms with van der Waals surface area (Å²) in [7, 11) is 2.14. The number of hydrogen-bond acceptors (Lipinski definition) is 6. The highest BCUT2D eigenvalue weighted by molar-refractivity contribution is 6.37. The summed E-state index contributed by atoms with van der Waals surface area (Å²) >= 11 is 0. The fraction of sp³-hybridized carbons (Fsp3) is 0.222. The Kier molecular flexibility index (Phi) is 6.31. The molecule has 2 aromatic carbocycles. The predicted octanol–water partition coefficient (Wildman–Crippen LogP) is 3.46. The Morgan fingerprint density at radius 3 is 2.63 bits per heavy atom. The van der Waals surface area contributed by atoms with Crippen molar-refractivity contribution < 1.29 is 14.7 Å². The van der Waals surface area contributed by atoms with Crippen LogP contribution in [0.3, 0.4) is 0 Å². The molecule has 8 nitrogen and oxygen atoms in total. The van der Waals surface area contributed by atoms with E-state index >= 15 is 0 Å². The molecular weight excluding hydrogens is 442 g/mol. The van der Waals surface area contributed by atoms with E-state index in [0.717, 1.165) is 44.0 Å². The van der Waals surface area contributed by atoms with E-state index in [0.29, 0.717) is 22.5 Å². The predicted molar refractivity (Wildman–Crippen MR) is 136 cm³/mol. The Morgan fingerprint density at radius 2 is 1.89 bits per heavy atom. The molecule has 2 aliphatic heterocycles. The van der Waals surface area contributed by atoms with Crippen LogP contribution in [0.1, 0.15) is 27.0 Å². The molecule has 8 heteroatoms. The average molecular weight is 470 g/mol. The number of aromatic nitrogens is 1. The van der Waals surface area contributed by atoms with Crippen LogP contribution < -0.4 is 10.6 Å². The molecular formula is C27H27N5O3. The zero-order chi connectivity index (χ0) is 24.4. The number of carboxylic acids is 1. The van der Waals surface area contributed by atoms with E-state index in [1.54, 1.807) is 18.5 Å². The van der Waals surface area contributed by atoms with Gasteiger partial charge in [-0.25, -0.2) is 4.79 Å². The van der Waals surface area contributed by atoms with Crippen molar-refractivity contribution >= 4 is 34.5 Å². The molecule has 35 heavy (non-hydrogen) atoms. The molecule has 1 aromatic heterocycles. The van der Waals surface area contributed by atoms with Gasteiger partial charge in [-0.1, -0.05) is 12.1 Å². The van der Waals surface area contributed by atoms with Gasteiger partial charge in [0.1, 0.15) is 0 Å². The molecule has 178 valence electrons. The van der Waals surface area contributed by atoms with E-state index in [4.69, 9.17) is 0 Å². The minimum atomic E-state index is -1.04. The maximum absolute atomic E-state index is 13.1. The quantitative estimate of drug-likeness (QED) is 0.476. The van der Waals surface area contributed by atoms with Gasteiger partial charge in [0.15, 0.2) is 0 Å². The van der Waals surface area contributed by atoms with Crippen molar-refractivity contribution in [3.05, 3.63) is 89.2 Å². The van der Waals surface area contributed by atoms with Gasteiger partial charge in [-0.05, 0) is 55.1 Å². The van der Waals surface area contributed by atoms with Crippen LogP contribution in [0.15, 0.2) is 67.0 Å². The van der Waals surface area contributed by atoms with E-state index in [9.17, 15) is 14.7 Å². The lowest BCUT2D eigenvalue weighted by Crippen LogP contribution is -2.43. The average Bonchev–Trinajstić information content (AvgIpc) is 3.19. The molecule has 2 aliphatic rings. The lowest BCUT2D eigenvalue weighted by atomic mass is 9.99. The highest BCUT2D eigenvalue weighted by Crippen LogP contribution is 2.38. The van der Waals surface area contributed by atoms with Gasteiger partial charge in [-0.2, -0.15) is 0 Å². The van der Waals surface area contributed by atoms with Crippen molar-refractivity contribution in [3.63, 3.8) is 0 Å². The lowest BCUT2D eigenvalue weighted by Gasteiger charge is -2.32. The Balaban J connectivity index is 1.52. The number of hydrogen-bond donors (Lipinski definition) is 3. The molecule has 0 atom stereocenters. The maximum Gasteiger partial charge on any atom is 0.335 e. The summed E-state index contributed by atoms with van der Waals surface area (Å²) in [6.45, 7) is 5.03. The molecule has 3 heterocycles. The summed E-state index contributed by atoms with van der Waals surface area (Å²) in [6.07, 6.45) is 3.36. The third-order valence-corrected chi connectivity index (χ3v) is 6.41. The van der Waals surface area contributed by atoms with E-state index in [1.807, 2.05) is 24.3 Å². The molecule has 1 fully saturated rings. The van der Waals surface area contributed by atoms with Crippen LogP contribution in [0.5, 0.6) is 0 Å². The number of amides is 1. The van der Waals surface area contributed by atoms with Gasteiger partial charge in [-0.15, -0.1) is 0 Å². The number of carbonyl (C=O) groups excluding carboxylic acids is 1. The SMILES string of the molecule is CN1CCN(Cc2cccc(N/C(=C3\C(=O)Nc4ccc(C(=O)O)cc43)c3cccnc3)c2)CC1. The first-order valence-corrected chi connectivity index (χ1v) is 11.6.